The van der Waals surface area contributed by atoms with E-state index in [2.05, 4.69) is 48.5 Å². The second kappa shape index (κ2) is 6.04. The van der Waals surface area contributed by atoms with E-state index in [1.807, 2.05) is 6.07 Å². The maximum absolute atomic E-state index is 11.3. The summed E-state index contributed by atoms with van der Waals surface area (Å²) in [7, 11) is 0. The van der Waals surface area contributed by atoms with E-state index < -0.39 is 0 Å². The highest BCUT2D eigenvalue weighted by Gasteiger charge is 2.18. The van der Waals surface area contributed by atoms with Crippen molar-refractivity contribution in [2.45, 2.75) is 32.1 Å². The van der Waals surface area contributed by atoms with Crippen LogP contribution in [-0.4, -0.2) is 5.78 Å². The fourth-order valence-electron chi connectivity index (χ4n) is 3.00. The van der Waals surface area contributed by atoms with E-state index >= 15 is 0 Å². The molecule has 2 aromatic carbocycles. The molecule has 1 aliphatic rings. The molecule has 0 amide bonds. The third-order valence-corrected chi connectivity index (χ3v) is 4.25. The molecule has 2 aromatic rings. The third kappa shape index (κ3) is 3.16. The maximum atomic E-state index is 11.3. The van der Waals surface area contributed by atoms with Gasteiger partial charge in [-0.05, 0) is 41.9 Å². The fraction of sp³-hybridized carbons (Fsp3) is 0.316. The first-order valence-electron chi connectivity index (χ1n) is 7.47. The summed E-state index contributed by atoms with van der Waals surface area (Å²) >= 11 is 0. The van der Waals surface area contributed by atoms with Gasteiger partial charge in [-0.2, -0.15) is 0 Å². The summed E-state index contributed by atoms with van der Waals surface area (Å²) in [5.74, 6) is 1.14. The smallest absolute Gasteiger partial charge is 0.132 e. The Kier molecular flexibility index (Phi) is 3.96. The molecule has 0 unspecified atom stereocenters. The van der Waals surface area contributed by atoms with Gasteiger partial charge in [0, 0.05) is 12.8 Å². The van der Waals surface area contributed by atoms with Crippen molar-refractivity contribution < 1.29 is 4.79 Å². The van der Waals surface area contributed by atoms with Gasteiger partial charge < -0.3 is 0 Å². The predicted molar refractivity (Wildman–Crippen MR) is 82.5 cm³/mol. The van der Waals surface area contributed by atoms with Crippen LogP contribution >= 0.6 is 0 Å². The minimum atomic E-state index is 0.445. The van der Waals surface area contributed by atoms with E-state index in [4.69, 9.17) is 0 Å². The molecular weight excluding hydrogens is 244 g/mol. The lowest BCUT2D eigenvalue weighted by Crippen LogP contribution is -2.15. The van der Waals surface area contributed by atoms with Gasteiger partial charge in [-0.25, -0.2) is 0 Å². The molecule has 0 N–H and O–H groups in total. The zero-order valence-corrected chi connectivity index (χ0v) is 11.7. The van der Waals surface area contributed by atoms with Gasteiger partial charge >= 0.3 is 0 Å². The van der Waals surface area contributed by atoms with E-state index in [-0.39, 0.29) is 0 Å². The predicted octanol–water partition coefficient (Wildman–Crippen LogP) is 4.66. The number of carbonyl (C=O) groups excluding carboxylic acids is 1. The summed E-state index contributed by atoms with van der Waals surface area (Å²) in [5.41, 5.74) is 3.93. The van der Waals surface area contributed by atoms with Gasteiger partial charge in [-0.1, -0.05) is 54.6 Å². The van der Waals surface area contributed by atoms with Gasteiger partial charge in [0.05, 0.1) is 0 Å². The molecule has 1 aliphatic carbocycles. The quantitative estimate of drug-likeness (QED) is 0.788. The summed E-state index contributed by atoms with van der Waals surface area (Å²) in [5, 5.41) is 0. The average molecular weight is 264 g/mol. The lowest BCUT2D eigenvalue weighted by atomic mass is 9.84. The third-order valence-electron chi connectivity index (χ3n) is 4.25. The number of hydrogen-bond donors (Lipinski definition) is 0. The van der Waals surface area contributed by atoms with Gasteiger partial charge in [-0.3, -0.25) is 4.79 Å². The van der Waals surface area contributed by atoms with Crippen LogP contribution in [0, 0.1) is 5.92 Å². The number of carbonyl (C=O) groups is 1. The Morgan fingerprint density at radius 2 is 1.40 bits per heavy atom. The van der Waals surface area contributed by atoms with Crippen LogP contribution in [0.2, 0.25) is 0 Å². The number of Topliss-reactive ketones (excluding diaryl/α,β-unsaturated/α-hetero) is 1. The largest absolute Gasteiger partial charge is 0.300 e. The molecule has 0 radical (unpaired) electrons. The van der Waals surface area contributed by atoms with Crippen LogP contribution in [0.4, 0.5) is 0 Å². The molecule has 0 saturated heterocycles. The standard InChI is InChI=1S/C19H20O/c20-19-12-8-16(9-13-19)14-15-6-10-18(11-7-15)17-4-2-1-3-5-17/h1-7,10-11,16H,8-9,12-14H2. The van der Waals surface area contributed by atoms with Gasteiger partial charge in [-0.15, -0.1) is 0 Å². The van der Waals surface area contributed by atoms with Crippen molar-refractivity contribution in [1.82, 2.24) is 0 Å². The number of rotatable bonds is 3. The number of benzene rings is 2. The van der Waals surface area contributed by atoms with Crippen LogP contribution in [0.3, 0.4) is 0 Å². The lowest BCUT2D eigenvalue weighted by Gasteiger charge is -2.20. The van der Waals surface area contributed by atoms with Crippen molar-refractivity contribution in [3.05, 3.63) is 60.2 Å². The molecule has 1 heteroatoms. The lowest BCUT2D eigenvalue weighted by molar-refractivity contribution is -0.121. The number of ketones is 1. The second-order valence-electron chi connectivity index (χ2n) is 5.75. The summed E-state index contributed by atoms with van der Waals surface area (Å²) in [6.07, 6.45) is 4.82. The van der Waals surface area contributed by atoms with Gasteiger partial charge in [0.2, 0.25) is 0 Å². The Hall–Kier alpha value is -1.89. The van der Waals surface area contributed by atoms with Crippen molar-refractivity contribution in [2.24, 2.45) is 5.92 Å². The zero-order chi connectivity index (χ0) is 13.8. The summed E-state index contributed by atoms with van der Waals surface area (Å²) in [6, 6.07) is 19.4. The molecular formula is C19H20O. The highest BCUT2D eigenvalue weighted by molar-refractivity contribution is 5.79. The summed E-state index contributed by atoms with van der Waals surface area (Å²) in [4.78, 5) is 11.3. The SMILES string of the molecule is O=C1CCC(Cc2ccc(-c3ccccc3)cc2)CC1. The van der Waals surface area contributed by atoms with Crippen molar-refractivity contribution in [2.75, 3.05) is 0 Å². The van der Waals surface area contributed by atoms with Crippen LogP contribution in [0.25, 0.3) is 11.1 Å². The molecule has 1 saturated carbocycles. The van der Waals surface area contributed by atoms with E-state index in [9.17, 15) is 4.79 Å². The Balaban J connectivity index is 1.66. The Bertz CT molecular complexity index is 558. The van der Waals surface area contributed by atoms with E-state index in [1.54, 1.807) is 0 Å². The van der Waals surface area contributed by atoms with Crippen LogP contribution in [0.15, 0.2) is 54.6 Å². The van der Waals surface area contributed by atoms with Crippen LogP contribution < -0.4 is 0 Å². The van der Waals surface area contributed by atoms with Crippen molar-refractivity contribution in [3.63, 3.8) is 0 Å². The Morgan fingerprint density at radius 3 is 2.05 bits per heavy atom. The molecule has 20 heavy (non-hydrogen) atoms. The molecule has 1 nitrogen and oxygen atoms in total. The molecule has 0 aromatic heterocycles. The van der Waals surface area contributed by atoms with Gasteiger partial charge in [0.1, 0.15) is 5.78 Å². The molecule has 0 atom stereocenters. The van der Waals surface area contributed by atoms with E-state index in [1.165, 1.54) is 16.7 Å². The topological polar surface area (TPSA) is 17.1 Å². The summed E-state index contributed by atoms with van der Waals surface area (Å²) in [6.45, 7) is 0. The molecule has 1 fully saturated rings. The van der Waals surface area contributed by atoms with Crippen molar-refractivity contribution >= 4 is 5.78 Å². The molecule has 3 rings (SSSR count). The Morgan fingerprint density at radius 1 is 0.800 bits per heavy atom. The van der Waals surface area contributed by atoms with Gasteiger partial charge in [0.15, 0.2) is 0 Å². The first-order valence-corrected chi connectivity index (χ1v) is 7.47. The highest BCUT2D eigenvalue weighted by atomic mass is 16.1. The second-order valence-corrected chi connectivity index (χ2v) is 5.75. The summed E-state index contributed by atoms with van der Waals surface area (Å²) < 4.78 is 0. The van der Waals surface area contributed by atoms with Crippen LogP contribution in [0.1, 0.15) is 31.2 Å². The minimum absolute atomic E-state index is 0.445. The first-order chi connectivity index (χ1) is 9.81. The molecule has 0 aliphatic heterocycles. The van der Waals surface area contributed by atoms with Crippen LogP contribution in [-0.2, 0) is 11.2 Å². The van der Waals surface area contributed by atoms with E-state index in [0.717, 1.165) is 32.1 Å². The average Bonchev–Trinajstić information content (AvgIpc) is 2.51. The molecule has 0 heterocycles. The monoisotopic (exact) mass is 264 g/mol. The highest BCUT2D eigenvalue weighted by Crippen LogP contribution is 2.26. The molecule has 102 valence electrons. The zero-order valence-electron chi connectivity index (χ0n) is 11.7. The minimum Gasteiger partial charge on any atom is -0.300 e. The fourth-order valence-corrected chi connectivity index (χ4v) is 3.00. The van der Waals surface area contributed by atoms with Crippen molar-refractivity contribution in [3.8, 4) is 11.1 Å². The molecule has 0 spiro atoms. The van der Waals surface area contributed by atoms with Crippen molar-refractivity contribution in [1.29, 1.82) is 0 Å². The Labute approximate surface area is 120 Å². The van der Waals surface area contributed by atoms with E-state index in [0.29, 0.717) is 11.7 Å². The first kappa shape index (κ1) is 13.1. The number of hydrogen-bond acceptors (Lipinski definition) is 1. The maximum Gasteiger partial charge on any atom is 0.132 e. The van der Waals surface area contributed by atoms with Gasteiger partial charge in [0.25, 0.3) is 0 Å². The molecule has 0 bridgehead atoms. The normalized spacial score (nSPS) is 16.3. The van der Waals surface area contributed by atoms with Crippen LogP contribution in [0.5, 0.6) is 0 Å².